The minimum absolute atomic E-state index is 0.312. The SMILES string of the molecule is NC(=S)Nc1ccc2c(c1)CC1C=C(NCCCc3ccccc3)C=CC21. The highest BCUT2D eigenvalue weighted by molar-refractivity contribution is 7.80. The number of allylic oxidation sites excluding steroid dienone is 3. The fourth-order valence-electron chi connectivity index (χ4n) is 4.13. The molecule has 0 saturated heterocycles. The van der Waals surface area contributed by atoms with Gasteiger partial charge in [-0.15, -0.1) is 0 Å². The second kappa shape index (κ2) is 7.97. The third kappa shape index (κ3) is 4.22. The molecule has 0 spiro atoms. The van der Waals surface area contributed by atoms with Crippen LogP contribution >= 0.6 is 12.2 Å². The average Bonchev–Trinajstić information content (AvgIpc) is 3.02. The molecule has 2 unspecified atom stereocenters. The van der Waals surface area contributed by atoms with Gasteiger partial charge in [0.05, 0.1) is 0 Å². The molecule has 0 aliphatic heterocycles. The largest absolute Gasteiger partial charge is 0.385 e. The first-order chi connectivity index (χ1) is 13.2. The predicted octanol–water partition coefficient (Wildman–Crippen LogP) is 4.27. The van der Waals surface area contributed by atoms with Crippen molar-refractivity contribution in [2.75, 3.05) is 11.9 Å². The van der Waals surface area contributed by atoms with Crippen LogP contribution in [0.2, 0.25) is 0 Å². The molecular formula is C23H25N3S. The van der Waals surface area contributed by atoms with E-state index in [1.54, 1.807) is 0 Å². The van der Waals surface area contributed by atoms with Crippen LogP contribution in [0.25, 0.3) is 0 Å². The number of anilines is 1. The Bertz CT molecular complexity index is 886. The molecule has 3 nitrogen and oxygen atoms in total. The number of fused-ring (bicyclic) bond motifs is 3. The van der Waals surface area contributed by atoms with Crippen molar-refractivity contribution in [2.24, 2.45) is 11.7 Å². The van der Waals surface area contributed by atoms with Gasteiger partial charge in [0, 0.05) is 23.8 Å². The molecule has 2 aliphatic rings. The normalized spacial score (nSPS) is 19.8. The molecule has 2 aromatic carbocycles. The van der Waals surface area contributed by atoms with E-state index in [4.69, 9.17) is 18.0 Å². The highest BCUT2D eigenvalue weighted by atomic mass is 32.1. The molecule has 0 amide bonds. The monoisotopic (exact) mass is 375 g/mol. The first kappa shape index (κ1) is 17.8. The summed E-state index contributed by atoms with van der Waals surface area (Å²) in [5.41, 5.74) is 12.0. The Morgan fingerprint density at radius 3 is 2.81 bits per heavy atom. The van der Waals surface area contributed by atoms with Crippen LogP contribution in [0.5, 0.6) is 0 Å². The zero-order chi connectivity index (χ0) is 18.6. The highest BCUT2D eigenvalue weighted by Crippen LogP contribution is 2.43. The Morgan fingerprint density at radius 2 is 2.00 bits per heavy atom. The Hall–Kier alpha value is -2.59. The summed E-state index contributed by atoms with van der Waals surface area (Å²) in [4.78, 5) is 0. The van der Waals surface area contributed by atoms with Gasteiger partial charge >= 0.3 is 0 Å². The van der Waals surface area contributed by atoms with Crippen molar-refractivity contribution in [1.29, 1.82) is 0 Å². The van der Waals surface area contributed by atoms with Gasteiger partial charge < -0.3 is 16.4 Å². The summed E-state index contributed by atoms with van der Waals surface area (Å²) < 4.78 is 0. The number of nitrogens with one attached hydrogen (secondary N) is 2. The standard InChI is InChI=1S/C23H25N3S/c24-23(27)26-20-9-11-22-18(15-20)13-17-14-19(8-10-21(17)22)25-12-4-7-16-5-2-1-3-6-16/h1-3,5-6,8-11,14-15,17,21,25H,4,7,12-13H2,(H3,24,26,27). The fraction of sp³-hybridized carbons (Fsp3) is 0.261. The molecule has 138 valence electrons. The summed E-state index contributed by atoms with van der Waals surface area (Å²) >= 11 is 4.94. The zero-order valence-electron chi connectivity index (χ0n) is 15.3. The predicted molar refractivity (Wildman–Crippen MR) is 117 cm³/mol. The molecule has 0 bridgehead atoms. The lowest BCUT2D eigenvalue weighted by Gasteiger charge is -2.20. The van der Waals surface area contributed by atoms with E-state index in [2.05, 4.69) is 77.4 Å². The van der Waals surface area contributed by atoms with E-state index in [0.29, 0.717) is 16.9 Å². The van der Waals surface area contributed by atoms with Gasteiger partial charge in [-0.25, -0.2) is 0 Å². The Labute approximate surface area is 166 Å². The summed E-state index contributed by atoms with van der Waals surface area (Å²) in [6, 6.07) is 17.1. The molecule has 2 aliphatic carbocycles. The number of thiocarbonyl (C=S) groups is 1. The highest BCUT2D eigenvalue weighted by Gasteiger charge is 2.31. The summed E-state index contributed by atoms with van der Waals surface area (Å²) in [5.74, 6) is 1.01. The summed E-state index contributed by atoms with van der Waals surface area (Å²) in [7, 11) is 0. The van der Waals surface area contributed by atoms with Crippen molar-refractivity contribution < 1.29 is 0 Å². The molecule has 0 fully saturated rings. The second-order valence-electron chi connectivity index (χ2n) is 7.29. The van der Waals surface area contributed by atoms with E-state index >= 15 is 0 Å². The van der Waals surface area contributed by atoms with Crippen LogP contribution in [0.3, 0.4) is 0 Å². The average molecular weight is 376 g/mol. The van der Waals surface area contributed by atoms with Gasteiger partial charge in [-0.05, 0) is 72.3 Å². The smallest absolute Gasteiger partial charge is 0.168 e. The molecule has 0 aromatic heterocycles. The van der Waals surface area contributed by atoms with Gasteiger partial charge in [0.2, 0.25) is 0 Å². The molecule has 27 heavy (non-hydrogen) atoms. The zero-order valence-corrected chi connectivity index (χ0v) is 16.1. The first-order valence-corrected chi connectivity index (χ1v) is 9.97. The first-order valence-electron chi connectivity index (χ1n) is 9.56. The molecule has 0 heterocycles. The summed E-state index contributed by atoms with van der Waals surface area (Å²) in [5, 5.41) is 6.95. The number of aryl methyl sites for hydroxylation is 1. The maximum atomic E-state index is 5.59. The van der Waals surface area contributed by atoms with Crippen LogP contribution in [-0.4, -0.2) is 11.7 Å². The van der Waals surface area contributed by atoms with Crippen molar-refractivity contribution >= 4 is 23.0 Å². The quantitative estimate of drug-likeness (QED) is 0.521. The van der Waals surface area contributed by atoms with Gasteiger partial charge in [-0.2, -0.15) is 0 Å². The van der Waals surface area contributed by atoms with E-state index in [1.807, 2.05) is 0 Å². The number of benzene rings is 2. The van der Waals surface area contributed by atoms with Gasteiger partial charge in [0.15, 0.2) is 5.11 Å². The van der Waals surface area contributed by atoms with E-state index < -0.39 is 0 Å². The molecular weight excluding hydrogens is 350 g/mol. The van der Waals surface area contributed by atoms with Gasteiger partial charge in [-0.1, -0.05) is 48.6 Å². The molecule has 4 rings (SSSR count). The molecule has 4 heteroatoms. The lowest BCUT2D eigenvalue weighted by molar-refractivity contribution is 0.611. The lowest BCUT2D eigenvalue weighted by atomic mass is 9.88. The van der Waals surface area contributed by atoms with E-state index in [9.17, 15) is 0 Å². The van der Waals surface area contributed by atoms with Crippen LogP contribution in [-0.2, 0) is 12.8 Å². The van der Waals surface area contributed by atoms with Crippen LogP contribution in [0.1, 0.15) is 29.0 Å². The van der Waals surface area contributed by atoms with Gasteiger partial charge in [-0.3, -0.25) is 0 Å². The summed E-state index contributed by atoms with van der Waals surface area (Å²) in [6.45, 7) is 0.997. The van der Waals surface area contributed by atoms with Crippen LogP contribution in [0.15, 0.2) is 72.5 Å². The summed E-state index contributed by atoms with van der Waals surface area (Å²) in [6.07, 6.45) is 10.3. The minimum Gasteiger partial charge on any atom is -0.385 e. The third-order valence-electron chi connectivity index (χ3n) is 5.38. The van der Waals surface area contributed by atoms with E-state index in [-0.39, 0.29) is 0 Å². The van der Waals surface area contributed by atoms with E-state index in [1.165, 1.54) is 22.4 Å². The molecule has 4 N–H and O–H groups in total. The Balaban J connectivity index is 1.34. The van der Waals surface area contributed by atoms with Crippen molar-refractivity contribution in [2.45, 2.75) is 25.2 Å². The molecule has 0 saturated carbocycles. The van der Waals surface area contributed by atoms with Crippen LogP contribution in [0, 0.1) is 5.92 Å². The third-order valence-corrected chi connectivity index (χ3v) is 5.48. The van der Waals surface area contributed by atoms with Crippen LogP contribution < -0.4 is 16.4 Å². The number of rotatable bonds is 6. The fourth-order valence-corrected chi connectivity index (χ4v) is 4.25. The van der Waals surface area contributed by atoms with Crippen molar-refractivity contribution in [3.05, 3.63) is 89.1 Å². The van der Waals surface area contributed by atoms with Gasteiger partial charge in [0.1, 0.15) is 0 Å². The molecule has 0 radical (unpaired) electrons. The topological polar surface area (TPSA) is 50.1 Å². The van der Waals surface area contributed by atoms with Crippen molar-refractivity contribution in [1.82, 2.24) is 5.32 Å². The number of nitrogens with two attached hydrogens (primary N) is 1. The second-order valence-corrected chi connectivity index (χ2v) is 7.73. The number of hydrogen-bond acceptors (Lipinski definition) is 2. The van der Waals surface area contributed by atoms with Crippen LogP contribution in [0.4, 0.5) is 5.69 Å². The molecule has 2 aromatic rings. The number of hydrogen-bond donors (Lipinski definition) is 3. The lowest BCUT2D eigenvalue weighted by Crippen LogP contribution is -2.19. The Morgan fingerprint density at radius 1 is 1.15 bits per heavy atom. The maximum absolute atomic E-state index is 5.59. The van der Waals surface area contributed by atoms with Crippen molar-refractivity contribution in [3.8, 4) is 0 Å². The van der Waals surface area contributed by atoms with E-state index in [0.717, 1.165) is 31.5 Å². The molecule has 2 atom stereocenters. The Kier molecular flexibility index (Phi) is 5.26. The van der Waals surface area contributed by atoms with Crippen molar-refractivity contribution in [3.63, 3.8) is 0 Å². The van der Waals surface area contributed by atoms with Gasteiger partial charge in [0.25, 0.3) is 0 Å². The maximum Gasteiger partial charge on any atom is 0.168 e. The minimum atomic E-state index is 0.312.